The zero-order chi connectivity index (χ0) is 20.4. The maximum atomic E-state index is 13.4. The molecule has 0 aliphatic carbocycles. The first-order valence-electron chi connectivity index (χ1n) is 9.14. The molecule has 0 saturated heterocycles. The summed E-state index contributed by atoms with van der Waals surface area (Å²) in [7, 11) is 0. The lowest BCUT2D eigenvalue weighted by molar-refractivity contribution is -0.114. The standard InChI is InChI=1S/C22H18ClFN2O3/c1-13(27)26-16-4-9-22(25-12-16)28-17-5-8-21-14(10-17)3-7-20(29-21)15-2-6-19(24)18(23)11-15/h2,4-6,8-12,20H,3,7H2,1H3,(H,26,27). The van der Waals surface area contributed by atoms with E-state index in [0.717, 1.165) is 29.7 Å². The minimum Gasteiger partial charge on any atom is -0.485 e. The summed E-state index contributed by atoms with van der Waals surface area (Å²) in [6, 6.07) is 13.7. The molecule has 1 unspecified atom stereocenters. The molecule has 2 aromatic carbocycles. The molecule has 7 heteroatoms. The van der Waals surface area contributed by atoms with Gasteiger partial charge in [-0.2, -0.15) is 0 Å². The third-order valence-electron chi connectivity index (χ3n) is 4.57. The number of rotatable bonds is 4. The number of nitrogens with zero attached hydrogens (tertiary/aromatic N) is 1. The van der Waals surface area contributed by atoms with Crippen molar-refractivity contribution >= 4 is 23.2 Å². The molecular weight excluding hydrogens is 395 g/mol. The predicted octanol–water partition coefficient (Wildman–Crippen LogP) is 5.69. The number of hydrogen-bond acceptors (Lipinski definition) is 4. The monoisotopic (exact) mass is 412 g/mol. The molecule has 29 heavy (non-hydrogen) atoms. The molecule has 148 valence electrons. The number of carbonyl (C=O) groups excluding carboxylic acids is 1. The van der Waals surface area contributed by atoms with Crippen molar-refractivity contribution in [2.75, 3.05) is 5.32 Å². The number of aryl methyl sites for hydroxylation is 1. The topological polar surface area (TPSA) is 60.5 Å². The molecule has 0 spiro atoms. The number of fused-ring (bicyclic) bond motifs is 1. The smallest absolute Gasteiger partial charge is 0.221 e. The normalized spacial score (nSPS) is 15.2. The molecule has 1 aliphatic heterocycles. The Morgan fingerprint density at radius 3 is 2.83 bits per heavy atom. The largest absolute Gasteiger partial charge is 0.485 e. The van der Waals surface area contributed by atoms with Crippen LogP contribution < -0.4 is 14.8 Å². The van der Waals surface area contributed by atoms with E-state index in [1.54, 1.807) is 24.3 Å². The second-order valence-corrected chi connectivity index (χ2v) is 7.16. The Bertz CT molecular complexity index is 1060. The van der Waals surface area contributed by atoms with Crippen LogP contribution in [0, 0.1) is 5.82 Å². The van der Waals surface area contributed by atoms with E-state index >= 15 is 0 Å². The van der Waals surface area contributed by atoms with E-state index in [1.807, 2.05) is 18.2 Å². The third kappa shape index (κ3) is 4.49. The highest BCUT2D eigenvalue weighted by atomic mass is 35.5. The van der Waals surface area contributed by atoms with Gasteiger partial charge in [-0.05, 0) is 60.4 Å². The number of carbonyl (C=O) groups is 1. The predicted molar refractivity (Wildman–Crippen MR) is 108 cm³/mol. The van der Waals surface area contributed by atoms with Gasteiger partial charge < -0.3 is 14.8 Å². The number of benzene rings is 2. The van der Waals surface area contributed by atoms with Gasteiger partial charge in [-0.1, -0.05) is 17.7 Å². The summed E-state index contributed by atoms with van der Waals surface area (Å²) in [5.74, 6) is 1.25. The maximum Gasteiger partial charge on any atom is 0.221 e. The van der Waals surface area contributed by atoms with E-state index in [1.165, 1.54) is 19.2 Å². The van der Waals surface area contributed by atoms with Crippen LogP contribution in [-0.2, 0) is 11.2 Å². The first-order chi connectivity index (χ1) is 14.0. The summed E-state index contributed by atoms with van der Waals surface area (Å²) in [5.41, 5.74) is 2.49. The van der Waals surface area contributed by atoms with E-state index in [2.05, 4.69) is 10.3 Å². The molecule has 0 radical (unpaired) electrons. The second kappa shape index (κ2) is 8.09. The molecule has 2 heterocycles. The average Bonchev–Trinajstić information content (AvgIpc) is 2.71. The summed E-state index contributed by atoms with van der Waals surface area (Å²) in [6.45, 7) is 1.44. The van der Waals surface area contributed by atoms with E-state index in [-0.39, 0.29) is 17.0 Å². The van der Waals surface area contributed by atoms with Gasteiger partial charge in [0.2, 0.25) is 11.8 Å². The fourth-order valence-electron chi connectivity index (χ4n) is 3.21. The SMILES string of the molecule is CC(=O)Nc1ccc(Oc2ccc3c(c2)CCC(c2ccc(F)c(Cl)c2)O3)nc1. The molecule has 4 rings (SSSR count). The maximum absolute atomic E-state index is 13.4. The molecule has 5 nitrogen and oxygen atoms in total. The van der Waals surface area contributed by atoms with Crippen LogP contribution in [0.5, 0.6) is 17.4 Å². The first-order valence-corrected chi connectivity index (χ1v) is 9.52. The van der Waals surface area contributed by atoms with Crippen LogP contribution in [0.1, 0.15) is 30.6 Å². The number of ether oxygens (including phenoxy) is 2. The van der Waals surface area contributed by atoms with Crippen molar-refractivity contribution in [3.63, 3.8) is 0 Å². The highest BCUT2D eigenvalue weighted by Crippen LogP contribution is 2.38. The van der Waals surface area contributed by atoms with Crippen molar-refractivity contribution in [3.8, 4) is 17.4 Å². The van der Waals surface area contributed by atoms with Crippen molar-refractivity contribution in [1.29, 1.82) is 0 Å². The Morgan fingerprint density at radius 1 is 1.24 bits per heavy atom. The average molecular weight is 413 g/mol. The minimum absolute atomic E-state index is 0.0951. The molecule has 3 aromatic rings. The third-order valence-corrected chi connectivity index (χ3v) is 4.86. The summed E-state index contributed by atoms with van der Waals surface area (Å²) in [4.78, 5) is 15.3. The van der Waals surface area contributed by atoms with Gasteiger partial charge in [-0.3, -0.25) is 4.79 Å². The van der Waals surface area contributed by atoms with Crippen molar-refractivity contribution in [1.82, 2.24) is 4.98 Å². The summed E-state index contributed by atoms with van der Waals surface area (Å²) < 4.78 is 25.3. The van der Waals surface area contributed by atoms with E-state index in [9.17, 15) is 9.18 Å². The lowest BCUT2D eigenvalue weighted by atomic mass is 9.97. The van der Waals surface area contributed by atoms with Crippen LogP contribution in [0.25, 0.3) is 0 Å². The first kappa shape index (κ1) is 19.2. The minimum atomic E-state index is -0.438. The lowest BCUT2D eigenvalue weighted by Crippen LogP contribution is -2.15. The molecule has 0 fully saturated rings. The molecule has 1 aromatic heterocycles. The number of halogens is 2. The Kier molecular flexibility index (Phi) is 5.36. The van der Waals surface area contributed by atoms with Gasteiger partial charge >= 0.3 is 0 Å². The molecule has 1 N–H and O–H groups in total. The number of pyridine rings is 1. The Hall–Kier alpha value is -3.12. The van der Waals surface area contributed by atoms with Gasteiger partial charge in [0.05, 0.1) is 16.9 Å². The van der Waals surface area contributed by atoms with Crippen LogP contribution in [0.4, 0.5) is 10.1 Å². The number of anilines is 1. The Labute approximate surface area is 172 Å². The van der Waals surface area contributed by atoms with Crippen LogP contribution in [0.2, 0.25) is 5.02 Å². The highest BCUT2D eigenvalue weighted by Gasteiger charge is 2.22. The van der Waals surface area contributed by atoms with E-state index in [4.69, 9.17) is 21.1 Å². The summed E-state index contributed by atoms with van der Waals surface area (Å²) in [6.07, 6.45) is 2.91. The quantitative estimate of drug-likeness (QED) is 0.597. The Balaban J connectivity index is 1.46. The Morgan fingerprint density at radius 2 is 2.10 bits per heavy atom. The van der Waals surface area contributed by atoms with Crippen molar-refractivity contribution < 1.29 is 18.7 Å². The van der Waals surface area contributed by atoms with Crippen molar-refractivity contribution in [2.24, 2.45) is 0 Å². The van der Waals surface area contributed by atoms with Crippen LogP contribution in [0.15, 0.2) is 54.7 Å². The molecule has 1 aliphatic rings. The zero-order valence-corrected chi connectivity index (χ0v) is 16.4. The van der Waals surface area contributed by atoms with Gasteiger partial charge in [0, 0.05) is 13.0 Å². The molecule has 1 amide bonds. The van der Waals surface area contributed by atoms with Gasteiger partial charge in [0.15, 0.2) is 0 Å². The highest BCUT2D eigenvalue weighted by molar-refractivity contribution is 6.30. The second-order valence-electron chi connectivity index (χ2n) is 6.76. The van der Waals surface area contributed by atoms with Crippen LogP contribution in [0.3, 0.4) is 0 Å². The molecule has 0 bridgehead atoms. The van der Waals surface area contributed by atoms with Gasteiger partial charge in [-0.25, -0.2) is 9.37 Å². The number of amides is 1. The van der Waals surface area contributed by atoms with Gasteiger partial charge in [0.25, 0.3) is 0 Å². The molecular formula is C22H18ClFN2O3. The van der Waals surface area contributed by atoms with Crippen molar-refractivity contribution in [2.45, 2.75) is 25.9 Å². The number of aromatic nitrogens is 1. The number of nitrogens with one attached hydrogen (secondary N) is 1. The molecule has 1 atom stereocenters. The number of hydrogen-bond donors (Lipinski definition) is 1. The lowest BCUT2D eigenvalue weighted by Gasteiger charge is -2.27. The van der Waals surface area contributed by atoms with E-state index < -0.39 is 5.82 Å². The van der Waals surface area contributed by atoms with Gasteiger partial charge in [0.1, 0.15) is 23.4 Å². The fourth-order valence-corrected chi connectivity index (χ4v) is 3.40. The van der Waals surface area contributed by atoms with Gasteiger partial charge in [-0.15, -0.1) is 0 Å². The van der Waals surface area contributed by atoms with Crippen molar-refractivity contribution in [3.05, 3.63) is 76.7 Å². The summed E-state index contributed by atoms with van der Waals surface area (Å²) >= 11 is 5.89. The van der Waals surface area contributed by atoms with E-state index in [0.29, 0.717) is 17.3 Å². The van der Waals surface area contributed by atoms with Crippen LogP contribution in [-0.4, -0.2) is 10.9 Å². The molecule has 0 saturated carbocycles. The zero-order valence-electron chi connectivity index (χ0n) is 15.6. The summed E-state index contributed by atoms with van der Waals surface area (Å²) in [5, 5.41) is 2.75. The van der Waals surface area contributed by atoms with Crippen LogP contribution >= 0.6 is 11.6 Å². The fraction of sp³-hybridized carbons (Fsp3) is 0.182.